The second kappa shape index (κ2) is 8.74. The first-order chi connectivity index (χ1) is 11.5. The third-order valence-electron chi connectivity index (χ3n) is 5.54. The van der Waals surface area contributed by atoms with E-state index < -0.39 is 26.4 Å². The van der Waals surface area contributed by atoms with Gasteiger partial charge in [0, 0.05) is 0 Å². The first-order valence-electron chi connectivity index (χ1n) is 9.13. The summed E-state index contributed by atoms with van der Waals surface area (Å²) in [6.45, 7) is 14.3. The van der Waals surface area contributed by atoms with Crippen molar-refractivity contribution in [2.24, 2.45) is 0 Å². The minimum Gasteiger partial charge on any atom is -0.405 e. The van der Waals surface area contributed by atoms with Gasteiger partial charge in [0.1, 0.15) is 6.10 Å². The van der Waals surface area contributed by atoms with Crippen LogP contribution in [0.2, 0.25) is 18.1 Å². The van der Waals surface area contributed by atoms with Gasteiger partial charge in [-0.3, -0.25) is 0 Å². The monoisotopic (exact) mass is 372 g/mol. The summed E-state index contributed by atoms with van der Waals surface area (Å²) in [5.74, 6) is 0. The Kier molecular flexibility index (Phi) is 7.78. The summed E-state index contributed by atoms with van der Waals surface area (Å²) in [7, 11) is -2.34. The molecule has 0 aliphatic rings. The maximum atomic E-state index is 14.0. The van der Waals surface area contributed by atoms with Gasteiger partial charge in [-0.1, -0.05) is 65.0 Å². The highest BCUT2D eigenvalue weighted by atomic mass is 28.4. The van der Waals surface area contributed by atoms with Crippen molar-refractivity contribution in [2.45, 2.75) is 90.3 Å². The smallest absolute Gasteiger partial charge is 0.265 e. The molecule has 0 heterocycles. The van der Waals surface area contributed by atoms with Crippen molar-refractivity contribution in [3.05, 3.63) is 35.9 Å². The van der Waals surface area contributed by atoms with Crippen molar-refractivity contribution < 1.29 is 17.9 Å². The minimum atomic E-state index is -2.58. The fourth-order valence-corrected chi connectivity index (χ4v) is 3.93. The summed E-state index contributed by atoms with van der Waals surface area (Å²) < 4.78 is 40.3. The Labute approximate surface area is 153 Å². The van der Waals surface area contributed by atoms with E-state index in [9.17, 15) is 8.78 Å². The van der Waals surface area contributed by atoms with Crippen LogP contribution < -0.4 is 0 Å². The van der Waals surface area contributed by atoms with E-state index in [0.717, 1.165) is 5.56 Å². The van der Waals surface area contributed by atoms with E-state index in [4.69, 9.17) is 9.16 Å². The molecule has 25 heavy (non-hydrogen) atoms. The molecule has 0 spiro atoms. The van der Waals surface area contributed by atoms with Crippen LogP contribution in [0, 0.1) is 0 Å². The zero-order chi connectivity index (χ0) is 19.3. The molecular weight excluding hydrogens is 338 g/mol. The van der Waals surface area contributed by atoms with Gasteiger partial charge < -0.3 is 9.16 Å². The molecule has 1 aromatic rings. The molecule has 0 aromatic heterocycles. The van der Waals surface area contributed by atoms with Gasteiger partial charge in [0.15, 0.2) is 8.32 Å². The van der Waals surface area contributed by atoms with Crippen LogP contribution in [-0.2, 0) is 15.8 Å². The molecule has 0 saturated heterocycles. The molecule has 0 amide bonds. The van der Waals surface area contributed by atoms with Crippen LogP contribution >= 0.6 is 0 Å². The average molecular weight is 373 g/mol. The normalized spacial score (nSPS) is 14.8. The molecule has 5 heteroatoms. The van der Waals surface area contributed by atoms with Gasteiger partial charge in [-0.15, -0.1) is 0 Å². The first-order valence-corrected chi connectivity index (χ1v) is 12.0. The van der Waals surface area contributed by atoms with E-state index in [1.54, 1.807) is 0 Å². The number of benzene rings is 1. The Bertz CT molecular complexity index is 508. The fraction of sp³-hybridized carbons (Fsp3) is 0.700. The Morgan fingerprint density at radius 1 is 1.00 bits per heavy atom. The van der Waals surface area contributed by atoms with Gasteiger partial charge in [0.25, 0.3) is 6.43 Å². The van der Waals surface area contributed by atoms with Crippen molar-refractivity contribution in [2.75, 3.05) is 0 Å². The van der Waals surface area contributed by atoms with Crippen LogP contribution in [0.25, 0.3) is 0 Å². The molecule has 0 N–H and O–H groups in total. The summed E-state index contributed by atoms with van der Waals surface area (Å²) in [6.07, 6.45) is -2.82. The number of halogens is 2. The average Bonchev–Trinajstić information content (AvgIpc) is 2.54. The lowest BCUT2D eigenvalue weighted by Gasteiger charge is -2.46. The van der Waals surface area contributed by atoms with Crippen LogP contribution in [0.4, 0.5) is 8.78 Å². The molecule has 1 atom stereocenters. The SMILES string of the molecule is CCC(CC)(OCc1ccccc1)C(O[Si](C)(C)C(C)(C)C)C(F)F. The Morgan fingerprint density at radius 2 is 1.52 bits per heavy atom. The predicted molar refractivity (Wildman–Crippen MR) is 103 cm³/mol. The summed E-state index contributed by atoms with van der Waals surface area (Å²) in [4.78, 5) is 0. The lowest BCUT2D eigenvalue weighted by atomic mass is 9.90. The largest absolute Gasteiger partial charge is 0.405 e. The van der Waals surface area contributed by atoms with Crippen LogP contribution in [0.15, 0.2) is 30.3 Å². The number of rotatable bonds is 9. The van der Waals surface area contributed by atoms with Crippen LogP contribution in [-0.4, -0.2) is 26.4 Å². The second-order valence-corrected chi connectivity index (χ2v) is 12.9. The first kappa shape index (κ1) is 22.3. The highest BCUT2D eigenvalue weighted by Crippen LogP contribution is 2.41. The number of alkyl halides is 2. The molecule has 0 saturated carbocycles. The lowest BCUT2D eigenvalue weighted by Crippen LogP contribution is -2.56. The third kappa shape index (κ3) is 5.60. The van der Waals surface area contributed by atoms with E-state index in [1.165, 1.54) is 0 Å². The zero-order valence-corrected chi connectivity index (χ0v) is 17.7. The van der Waals surface area contributed by atoms with Crippen molar-refractivity contribution >= 4 is 8.32 Å². The molecule has 0 bridgehead atoms. The Balaban J connectivity index is 3.07. The second-order valence-electron chi connectivity index (χ2n) is 8.18. The molecule has 0 aliphatic carbocycles. The Morgan fingerprint density at radius 3 is 1.92 bits per heavy atom. The van der Waals surface area contributed by atoms with Gasteiger partial charge in [-0.25, -0.2) is 8.78 Å². The number of ether oxygens (including phenoxy) is 1. The third-order valence-corrected chi connectivity index (χ3v) is 10.00. The quantitative estimate of drug-likeness (QED) is 0.466. The summed E-state index contributed by atoms with van der Waals surface area (Å²) in [6, 6.07) is 9.67. The van der Waals surface area contributed by atoms with E-state index in [2.05, 4.69) is 20.8 Å². The molecular formula is C20H34F2O2Si. The molecule has 1 unspecified atom stereocenters. The minimum absolute atomic E-state index is 0.132. The zero-order valence-electron chi connectivity index (χ0n) is 16.7. The van der Waals surface area contributed by atoms with E-state index in [1.807, 2.05) is 57.3 Å². The highest BCUT2D eigenvalue weighted by Gasteiger charge is 2.49. The van der Waals surface area contributed by atoms with Gasteiger partial charge in [0.2, 0.25) is 0 Å². The molecule has 2 nitrogen and oxygen atoms in total. The van der Waals surface area contributed by atoms with Gasteiger partial charge >= 0.3 is 0 Å². The summed E-state index contributed by atoms with van der Waals surface area (Å²) >= 11 is 0. The van der Waals surface area contributed by atoms with Gasteiger partial charge in [0.05, 0.1) is 12.2 Å². The summed E-state index contributed by atoms with van der Waals surface area (Å²) in [5, 5.41) is -0.132. The molecule has 0 aliphatic heterocycles. The van der Waals surface area contributed by atoms with Gasteiger partial charge in [-0.2, -0.15) is 0 Å². The Hall–Kier alpha value is -0.783. The van der Waals surface area contributed by atoms with Gasteiger partial charge in [-0.05, 0) is 36.5 Å². The molecule has 1 aromatic carbocycles. The van der Waals surface area contributed by atoms with Crippen molar-refractivity contribution in [1.29, 1.82) is 0 Å². The highest BCUT2D eigenvalue weighted by molar-refractivity contribution is 6.74. The molecule has 0 fully saturated rings. The topological polar surface area (TPSA) is 18.5 Å². The standard InChI is InChI=1S/C20H34F2O2Si/c1-8-20(9-2,23-15-16-13-11-10-12-14-16)17(18(21)22)24-25(6,7)19(3,4)5/h10-14,17-18H,8-9,15H2,1-7H3. The summed E-state index contributed by atoms with van der Waals surface area (Å²) in [5.41, 5.74) is -0.00591. The van der Waals surface area contributed by atoms with Crippen LogP contribution in [0.1, 0.15) is 53.0 Å². The predicted octanol–water partition coefficient (Wildman–Crippen LogP) is 6.42. The molecule has 144 valence electrons. The van der Waals surface area contributed by atoms with E-state index in [-0.39, 0.29) is 5.04 Å². The lowest BCUT2D eigenvalue weighted by molar-refractivity contribution is -0.171. The molecule has 1 rings (SSSR count). The maximum absolute atomic E-state index is 14.0. The number of hydrogen-bond donors (Lipinski definition) is 0. The van der Waals surface area contributed by atoms with Crippen molar-refractivity contribution in [3.8, 4) is 0 Å². The van der Waals surface area contributed by atoms with Crippen molar-refractivity contribution in [1.82, 2.24) is 0 Å². The van der Waals surface area contributed by atoms with E-state index in [0.29, 0.717) is 19.4 Å². The maximum Gasteiger partial charge on any atom is 0.265 e. The fourth-order valence-electron chi connectivity index (χ4n) is 2.62. The van der Waals surface area contributed by atoms with Crippen LogP contribution in [0.5, 0.6) is 0 Å². The molecule has 0 radical (unpaired) electrons. The van der Waals surface area contributed by atoms with Crippen LogP contribution in [0.3, 0.4) is 0 Å². The number of hydrogen-bond acceptors (Lipinski definition) is 2. The van der Waals surface area contributed by atoms with E-state index >= 15 is 0 Å². The van der Waals surface area contributed by atoms with Crippen molar-refractivity contribution in [3.63, 3.8) is 0 Å².